The average molecular weight is 392 g/mol. The van der Waals surface area contributed by atoms with E-state index >= 15 is 0 Å². The van der Waals surface area contributed by atoms with Crippen LogP contribution in [0.2, 0.25) is 0 Å². The monoisotopic (exact) mass is 392 g/mol. The predicted molar refractivity (Wildman–Crippen MR) is 104 cm³/mol. The van der Waals surface area contributed by atoms with Crippen LogP contribution in [0, 0.1) is 0 Å². The van der Waals surface area contributed by atoms with Crippen molar-refractivity contribution in [1.29, 1.82) is 0 Å². The van der Waals surface area contributed by atoms with E-state index in [1.54, 1.807) is 44.2 Å². The summed E-state index contributed by atoms with van der Waals surface area (Å²) >= 11 is 0. The lowest BCUT2D eigenvalue weighted by molar-refractivity contribution is 0.102. The van der Waals surface area contributed by atoms with E-state index in [1.807, 2.05) is 0 Å². The summed E-state index contributed by atoms with van der Waals surface area (Å²) in [5.41, 5.74) is 0.853. The fourth-order valence-electron chi connectivity index (χ4n) is 2.56. The van der Waals surface area contributed by atoms with Gasteiger partial charge < -0.3 is 14.8 Å². The van der Waals surface area contributed by atoms with E-state index in [0.717, 1.165) is 0 Å². The number of nitrogens with zero attached hydrogens (tertiary/aromatic N) is 1. The van der Waals surface area contributed by atoms with Crippen LogP contribution in [-0.4, -0.2) is 45.9 Å². The molecule has 0 saturated carbocycles. The highest BCUT2D eigenvalue weighted by Gasteiger charge is 2.21. The molecule has 0 unspecified atom stereocenters. The Hall–Kier alpha value is -2.58. The molecule has 146 valence electrons. The Kier molecular flexibility index (Phi) is 6.81. The van der Waals surface area contributed by atoms with Gasteiger partial charge in [-0.05, 0) is 36.4 Å². The molecule has 1 N–H and O–H groups in total. The Morgan fingerprint density at radius 1 is 0.963 bits per heavy atom. The highest BCUT2D eigenvalue weighted by atomic mass is 32.2. The van der Waals surface area contributed by atoms with Gasteiger partial charge in [-0.1, -0.05) is 13.8 Å². The van der Waals surface area contributed by atoms with E-state index in [4.69, 9.17) is 9.47 Å². The van der Waals surface area contributed by atoms with Crippen LogP contribution in [0.5, 0.6) is 11.5 Å². The number of rotatable bonds is 8. The fourth-order valence-corrected chi connectivity index (χ4v) is 4.02. The Balaban J connectivity index is 2.21. The van der Waals surface area contributed by atoms with Gasteiger partial charge in [-0.2, -0.15) is 4.31 Å². The van der Waals surface area contributed by atoms with E-state index in [1.165, 1.54) is 30.7 Å². The fraction of sp³-hybridized carbons (Fsp3) is 0.316. The van der Waals surface area contributed by atoms with E-state index in [0.29, 0.717) is 35.8 Å². The molecule has 0 bridgehead atoms. The molecule has 8 heteroatoms. The summed E-state index contributed by atoms with van der Waals surface area (Å²) in [6.45, 7) is 4.38. The number of sulfonamides is 1. The zero-order chi connectivity index (χ0) is 20.0. The van der Waals surface area contributed by atoms with Crippen molar-refractivity contribution in [2.24, 2.45) is 0 Å². The third-order valence-corrected chi connectivity index (χ3v) is 6.13. The summed E-state index contributed by atoms with van der Waals surface area (Å²) in [5, 5.41) is 2.74. The number of ether oxygens (including phenoxy) is 2. The third-order valence-electron chi connectivity index (χ3n) is 4.07. The Morgan fingerprint density at radius 2 is 1.48 bits per heavy atom. The Labute approximate surface area is 160 Å². The second-order valence-corrected chi connectivity index (χ2v) is 7.61. The molecule has 0 aromatic heterocycles. The van der Waals surface area contributed by atoms with Gasteiger partial charge in [0.2, 0.25) is 10.0 Å². The van der Waals surface area contributed by atoms with Crippen molar-refractivity contribution < 1.29 is 22.7 Å². The van der Waals surface area contributed by atoms with E-state index in [9.17, 15) is 13.2 Å². The van der Waals surface area contributed by atoms with Gasteiger partial charge in [-0.25, -0.2) is 8.42 Å². The summed E-state index contributed by atoms with van der Waals surface area (Å²) < 4.78 is 36.7. The van der Waals surface area contributed by atoms with E-state index < -0.39 is 10.0 Å². The minimum atomic E-state index is -3.53. The topological polar surface area (TPSA) is 84.9 Å². The number of benzene rings is 2. The van der Waals surface area contributed by atoms with Gasteiger partial charge in [0.25, 0.3) is 5.91 Å². The molecule has 0 spiro atoms. The van der Waals surface area contributed by atoms with Gasteiger partial charge in [-0.15, -0.1) is 0 Å². The van der Waals surface area contributed by atoms with Crippen molar-refractivity contribution in [3.63, 3.8) is 0 Å². The van der Waals surface area contributed by atoms with Gasteiger partial charge in [0.15, 0.2) is 0 Å². The van der Waals surface area contributed by atoms with Crippen LogP contribution in [0.25, 0.3) is 0 Å². The number of anilines is 1. The quantitative estimate of drug-likeness (QED) is 0.746. The van der Waals surface area contributed by atoms with Crippen molar-refractivity contribution in [3.05, 3.63) is 48.0 Å². The van der Waals surface area contributed by atoms with Crippen molar-refractivity contribution in [1.82, 2.24) is 4.31 Å². The maximum atomic E-state index is 12.5. The predicted octanol–water partition coefficient (Wildman–Crippen LogP) is 2.99. The van der Waals surface area contributed by atoms with Crippen molar-refractivity contribution in [2.75, 3.05) is 32.6 Å². The van der Waals surface area contributed by atoms with Crippen LogP contribution < -0.4 is 14.8 Å². The molecule has 0 saturated heterocycles. The highest BCUT2D eigenvalue weighted by molar-refractivity contribution is 7.89. The first-order valence-electron chi connectivity index (χ1n) is 8.50. The summed E-state index contributed by atoms with van der Waals surface area (Å²) in [6, 6.07) is 10.9. The molecule has 2 rings (SSSR count). The van der Waals surface area contributed by atoms with Crippen LogP contribution in [-0.2, 0) is 10.0 Å². The first kappa shape index (κ1) is 20.7. The molecule has 0 aliphatic carbocycles. The minimum Gasteiger partial charge on any atom is -0.497 e. The smallest absolute Gasteiger partial charge is 0.255 e. The molecule has 27 heavy (non-hydrogen) atoms. The number of hydrogen-bond acceptors (Lipinski definition) is 5. The van der Waals surface area contributed by atoms with Crippen LogP contribution in [0.3, 0.4) is 0 Å². The normalized spacial score (nSPS) is 11.3. The van der Waals surface area contributed by atoms with Crippen LogP contribution in [0.1, 0.15) is 24.2 Å². The van der Waals surface area contributed by atoms with Crippen molar-refractivity contribution in [3.8, 4) is 11.5 Å². The molecule has 0 aliphatic rings. The number of carbonyl (C=O) groups excluding carboxylic acids is 1. The molecule has 0 atom stereocenters. The molecule has 0 aliphatic heterocycles. The third kappa shape index (κ3) is 4.78. The lowest BCUT2D eigenvalue weighted by Gasteiger charge is -2.18. The second kappa shape index (κ2) is 8.88. The summed E-state index contributed by atoms with van der Waals surface area (Å²) in [5.74, 6) is 0.645. The zero-order valence-corrected chi connectivity index (χ0v) is 16.7. The van der Waals surface area contributed by atoms with Gasteiger partial charge in [0.1, 0.15) is 11.5 Å². The lowest BCUT2D eigenvalue weighted by atomic mass is 10.2. The van der Waals surface area contributed by atoms with Crippen molar-refractivity contribution in [2.45, 2.75) is 18.7 Å². The molecule has 0 fully saturated rings. The average Bonchev–Trinajstić information content (AvgIpc) is 2.68. The number of nitrogens with one attached hydrogen (secondary N) is 1. The maximum Gasteiger partial charge on any atom is 0.255 e. The van der Waals surface area contributed by atoms with Gasteiger partial charge in [-0.3, -0.25) is 4.79 Å². The first-order valence-corrected chi connectivity index (χ1v) is 9.94. The molecule has 2 aromatic rings. The van der Waals surface area contributed by atoms with Crippen molar-refractivity contribution >= 4 is 21.6 Å². The van der Waals surface area contributed by atoms with Gasteiger partial charge >= 0.3 is 0 Å². The molecule has 2 aromatic carbocycles. The van der Waals surface area contributed by atoms with Crippen LogP contribution >= 0.6 is 0 Å². The molecular weight excluding hydrogens is 368 g/mol. The minimum absolute atomic E-state index is 0.187. The summed E-state index contributed by atoms with van der Waals surface area (Å²) in [7, 11) is -0.518. The second-order valence-electron chi connectivity index (χ2n) is 5.67. The highest BCUT2D eigenvalue weighted by Crippen LogP contribution is 2.24. The largest absolute Gasteiger partial charge is 0.497 e. The molecule has 0 radical (unpaired) electrons. The van der Waals surface area contributed by atoms with Crippen LogP contribution in [0.4, 0.5) is 5.69 Å². The number of amides is 1. The van der Waals surface area contributed by atoms with E-state index in [2.05, 4.69) is 5.32 Å². The Morgan fingerprint density at radius 3 is 1.93 bits per heavy atom. The van der Waals surface area contributed by atoms with Gasteiger partial charge in [0.05, 0.1) is 19.1 Å². The van der Waals surface area contributed by atoms with E-state index in [-0.39, 0.29) is 10.8 Å². The first-order chi connectivity index (χ1) is 12.8. The van der Waals surface area contributed by atoms with Crippen LogP contribution in [0.15, 0.2) is 47.4 Å². The molecule has 1 amide bonds. The number of methoxy groups -OCH3 is 2. The number of carbonyl (C=O) groups is 1. The molecular formula is C19H24N2O5S. The number of hydrogen-bond donors (Lipinski definition) is 1. The molecule has 0 heterocycles. The standard InChI is InChI=1S/C19H24N2O5S/c1-5-21(6-2)27(23,24)18-9-7-15(8-10-18)20-19(22)14-11-16(25-3)13-17(12-14)26-4/h7-13H,5-6H2,1-4H3,(H,20,22). The summed E-state index contributed by atoms with van der Waals surface area (Å²) in [6.07, 6.45) is 0. The lowest BCUT2D eigenvalue weighted by Crippen LogP contribution is -2.30. The van der Waals surface area contributed by atoms with Gasteiger partial charge in [0, 0.05) is 30.4 Å². The maximum absolute atomic E-state index is 12.5. The molecule has 7 nitrogen and oxygen atoms in total. The summed E-state index contributed by atoms with van der Waals surface area (Å²) in [4.78, 5) is 12.7. The Bertz CT molecular complexity index is 869. The SMILES string of the molecule is CCN(CC)S(=O)(=O)c1ccc(NC(=O)c2cc(OC)cc(OC)c2)cc1. The zero-order valence-electron chi connectivity index (χ0n) is 15.9.